The third-order valence-corrected chi connectivity index (χ3v) is 5.81. The summed E-state index contributed by atoms with van der Waals surface area (Å²) in [6.07, 6.45) is 4.10. The molecule has 2 aromatic heterocycles. The molecule has 1 fully saturated rings. The van der Waals surface area contributed by atoms with Crippen LogP contribution in [-0.4, -0.2) is 59.8 Å². The van der Waals surface area contributed by atoms with Crippen LogP contribution in [0.5, 0.6) is 0 Å². The molecule has 0 radical (unpaired) electrons. The molecule has 1 aromatic carbocycles. The molecule has 0 aliphatic carbocycles. The topological polar surface area (TPSA) is 81.6 Å². The van der Waals surface area contributed by atoms with Gasteiger partial charge in [-0.3, -0.25) is 9.78 Å². The zero-order valence-electron chi connectivity index (χ0n) is 18.3. The van der Waals surface area contributed by atoms with Crippen molar-refractivity contribution in [2.75, 3.05) is 42.6 Å². The van der Waals surface area contributed by atoms with Crippen LogP contribution < -0.4 is 15.1 Å². The summed E-state index contributed by atoms with van der Waals surface area (Å²) in [5.74, 6) is 0.470. The number of carbonyl (C=O) groups excluding carboxylic acids is 1. The van der Waals surface area contributed by atoms with Crippen molar-refractivity contribution in [1.82, 2.24) is 15.3 Å². The fourth-order valence-corrected chi connectivity index (χ4v) is 4.12. The van der Waals surface area contributed by atoms with Crippen LogP contribution in [0.4, 0.5) is 11.5 Å². The van der Waals surface area contributed by atoms with Crippen LogP contribution in [0.25, 0.3) is 0 Å². The molecular weight excluding hydrogens is 402 g/mol. The molecule has 0 bridgehead atoms. The first-order valence-electron chi connectivity index (χ1n) is 11.0. The highest BCUT2D eigenvalue weighted by Crippen LogP contribution is 2.23. The fourth-order valence-electron chi connectivity index (χ4n) is 4.12. The van der Waals surface area contributed by atoms with Gasteiger partial charge in [-0.1, -0.05) is 30.3 Å². The minimum Gasteiger partial charge on any atom is -0.394 e. The molecule has 32 heavy (non-hydrogen) atoms. The van der Waals surface area contributed by atoms with Crippen molar-refractivity contribution in [2.24, 2.45) is 0 Å². The largest absolute Gasteiger partial charge is 0.394 e. The molecule has 1 aliphatic heterocycles. The highest BCUT2D eigenvalue weighted by atomic mass is 16.3. The van der Waals surface area contributed by atoms with E-state index >= 15 is 0 Å². The average molecular weight is 432 g/mol. The molecule has 4 rings (SSSR count). The van der Waals surface area contributed by atoms with Crippen LogP contribution >= 0.6 is 0 Å². The lowest BCUT2D eigenvalue weighted by molar-refractivity contribution is 0.0916. The van der Waals surface area contributed by atoms with Crippen LogP contribution in [0.2, 0.25) is 0 Å². The second kappa shape index (κ2) is 10.2. The molecule has 1 unspecified atom stereocenters. The summed E-state index contributed by atoms with van der Waals surface area (Å²) in [7, 11) is 0. The van der Waals surface area contributed by atoms with E-state index in [9.17, 15) is 9.90 Å². The lowest BCUT2D eigenvalue weighted by atomic mass is 10.1. The summed E-state index contributed by atoms with van der Waals surface area (Å²) in [6.45, 7) is 5.09. The monoisotopic (exact) mass is 431 g/mol. The van der Waals surface area contributed by atoms with Crippen molar-refractivity contribution in [1.29, 1.82) is 0 Å². The first-order valence-corrected chi connectivity index (χ1v) is 11.0. The average Bonchev–Trinajstić information content (AvgIpc) is 2.84. The number of rotatable bonds is 7. The van der Waals surface area contributed by atoms with Crippen molar-refractivity contribution in [2.45, 2.75) is 19.4 Å². The van der Waals surface area contributed by atoms with E-state index in [4.69, 9.17) is 0 Å². The van der Waals surface area contributed by atoms with Gasteiger partial charge in [-0.25, -0.2) is 4.98 Å². The predicted molar refractivity (Wildman–Crippen MR) is 126 cm³/mol. The zero-order chi connectivity index (χ0) is 22.3. The molecule has 7 nitrogen and oxygen atoms in total. The Labute approximate surface area is 188 Å². The predicted octanol–water partition coefficient (Wildman–Crippen LogP) is 2.45. The molecule has 3 aromatic rings. The molecule has 0 spiro atoms. The number of hydrogen-bond donors (Lipinski definition) is 2. The molecular formula is C25H29N5O2. The Bertz CT molecular complexity index is 1040. The van der Waals surface area contributed by atoms with Crippen molar-refractivity contribution in [3.63, 3.8) is 0 Å². The number of pyridine rings is 2. The number of benzene rings is 1. The molecule has 3 heterocycles. The Morgan fingerprint density at radius 2 is 1.66 bits per heavy atom. The van der Waals surface area contributed by atoms with Crippen molar-refractivity contribution < 1.29 is 9.90 Å². The summed E-state index contributed by atoms with van der Waals surface area (Å²) in [6, 6.07) is 17.1. The van der Waals surface area contributed by atoms with E-state index in [1.54, 1.807) is 18.3 Å². The molecule has 1 saturated heterocycles. The number of anilines is 2. The minimum atomic E-state index is -0.358. The number of hydrogen-bond acceptors (Lipinski definition) is 6. The number of aliphatic hydroxyl groups is 1. The van der Waals surface area contributed by atoms with Gasteiger partial charge in [0.15, 0.2) is 0 Å². The van der Waals surface area contributed by atoms with Crippen LogP contribution in [-0.2, 0) is 6.42 Å². The highest BCUT2D eigenvalue weighted by Gasteiger charge is 2.24. The maximum atomic E-state index is 13.1. The molecule has 7 heteroatoms. The molecule has 2 N–H and O–H groups in total. The zero-order valence-corrected chi connectivity index (χ0v) is 18.3. The van der Waals surface area contributed by atoms with E-state index in [1.165, 1.54) is 0 Å². The van der Waals surface area contributed by atoms with E-state index in [0.717, 1.165) is 43.1 Å². The Morgan fingerprint density at radius 3 is 2.38 bits per heavy atom. The van der Waals surface area contributed by atoms with E-state index in [1.807, 2.05) is 49.5 Å². The number of aryl methyl sites for hydroxylation is 1. The van der Waals surface area contributed by atoms with Gasteiger partial charge in [0.25, 0.3) is 5.91 Å². The normalized spacial score (nSPS) is 14.8. The lowest BCUT2D eigenvalue weighted by Crippen LogP contribution is -2.48. The smallest absolute Gasteiger partial charge is 0.255 e. The number of aliphatic hydroxyl groups excluding tert-OH is 1. The number of nitrogens with zero attached hydrogens (tertiary/aromatic N) is 4. The summed E-state index contributed by atoms with van der Waals surface area (Å²) in [5.41, 5.74) is 3.77. The summed E-state index contributed by atoms with van der Waals surface area (Å²) >= 11 is 0. The SMILES string of the molecule is Cc1ncccc1N1CCN(c2ncccc2C(=O)NC(CO)Cc2ccccc2)CC1. The fraction of sp³-hybridized carbons (Fsp3) is 0.320. The molecule has 0 saturated carbocycles. The van der Waals surface area contributed by atoms with Crippen LogP contribution in [0, 0.1) is 6.92 Å². The van der Waals surface area contributed by atoms with Gasteiger partial charge in [0.1, 0.15) is 5.82 Å². The quantitative estimate of drug-likeness (QED) is 0.598. The molecule has 1 atom stereocenters. The minimum absolute atomic E-state index is 0.126. The maximum absolute atomic E-state index is 13.1. The summed E-state index contributed by atoms with van der Waals surface area (Å²) < 4.78 is 0. The summed E-state index contributed by atoms with van der Waals surface area (Å²) in [4.78, 5) is 26.5. The number of amides is 1. The van der Waals surface area contributed by atoms with Crippen molar-refractivity contribution in [3.8, 4) is 0 Å². The van der Waals surface area contributed by atoms with Crippen molar-refractivity contribution in [3.05, 3.63) is 83.8 Å². The van der Waals surface area contributed by atoms with Crippen LogP contribution in [0.3, 0.4) is 0 Å². The van der Waals surface area contributed by atoms with E-state index in [0.29, 0.717) is 17.8 Å². The number of piperazine rings is 1. The maximum Gasteiger partial charge on any atom is 0.255 e. The highest BCUT2D eigenvalue weighted by molar-refractivity contribution is 5.99. The third-order valence-electron chi connectivity index (χ3n) is 5.81. The first-order chi connectivity index (χ1) is 15.7. The Kier molecular flexibility index (Phi) is 6.97. The molecule has 166 valence electrons. The molecule has 1 amide bonds. The Hall–Kier alpha value is -3.45. The first kappa shape index (κ1) is 21.8. The number of carbonyl (C=O) groups is 1. The summed E-state index contributed by atoms with van der Waals surface area (Å²) in [5, 5.41) is 12.8. The second-order valence-corrected chi connectivity index (χ2v) is 8.00. The Morgan fingerprint density at radius 1 is 0.969 bits per heavy atom. The Balaban J connectivity index is 1.43. The van der Waals surface area contributed by atoms with Gasteiger partial charge in [0.05, 0.1) is 29.6 Å². The van der Waals surface area contributed by atoms with Gasteiger partial charge in [-0.15, -0.1) is 0 Å². The lowest BCUT2D eigenvalue weighted by Gasteiger charge is -2.37. The van der Waals surface area contributed by atoms with Gasteiger partial charge < -0.3 is 20.2 Å². The number of nitrogens with one attached hydrogen (secondary N) is 1. The van der Waals surface area contributed by atoms with Gasteiger partial charge >= 0.3 is 0 Å². The van der Waals surface area contributed by atoms with Gasteiger partial charge in [-0.05, 0) is 43.2 Å². The molecule has 1 aliphatic rings. The third kappa shape index (κ3) is 5.06. The van der Waals surface area contributed by atoms with Gasteiger partial charge in [-0.2, -0.15) is 0 Å². The van der Waals surface area contributed by atoms with Gasteiger partial charge in [0.2, 0.25) is 0 Å². The van der Waals surface area contributed by atoms with Crippen LogP contribution in [0.1, 0.15) is 21.6 Å². The van der Waals surface area contributed by atoms with Crippen molar-refractivity contribution >= 4 is 17.4 Å². The number of aromatic nitrogens is 2. The standard InChI is InChI=1S/C25H29N5O2/c1-19-23(10-6-11-26-19)29-13-15-30(16-14-29)24-22(9-5-12-27-24)25(32)28-21(18-31)17-20-7-3-2-4-8-20/h2-12,21,31H,13-18H2,1H3,(H,28,32). The van der Waals surface area contributed by atoms with Gasteiger partial charge in [0, 0.05) is 38.6 Å². The van der Waals surface area contributed by atoms with E-state index < -0.39 is 0 Å². The second-order valence-electron chi connectivity index (χ2n) is 8.00. The van der Waals surface area contributed by atoms with Crippen LogP contribution in [0.15, 0.2) is 67.0 Å². The van der Waals surface area contributed by atoms with E-state index in [2.05, 4.69) is 31.2 Å². The van der Waals surface area contributed by atoms with E-state index in [-0.39, 0.29) is 18.6 Å².